The molecule has 0 bridgehead atoms. The van der Waals surface area contributed by atoms with E-state index in [2.05, 4.69) is 5.32 Å². The zero-order chi connectivity index (χ0) is 12.4. The van der Waals surface area contributed by atoms with Gasteiger partial charge in [0.05, 0.1) is 6.04 Å². The van der Waals surface area contributed by atoms with Crippen LogP contribution < -0.4 is 10.2 Å². The first-order valence-corrected chi connectivity index (χ1v) is 5.88. The molecule has 2 rings (SSSR count). The summed E-state index contributed by atoms with van der Waals surface area (Å²) in [6, 6.07) is 4.42. The van der Waals surface area contributed by atoms with Crippen LogP contribution in [0.5, 0.6) is 0 Å². The highest BCUT2D eigenvalue weighted by molar-refractivity contribution is 5.98. The zero-order valence-electron chi connectivity index (χ0n) is 10.2. The van der Waals surface area contributed by atoms with Gasteiger partial charge in [-0.15, -0.1) is 0 Å². The Hall–Kier alpha value is -1.42. The molecule has 1 fully saturated rings. The van der Waals surface area contributed by atoms with E-state index in [-0.39, 0.29) is 17.8 Å². The Morgan fingerprint density at radius 3 is 2.94 bits per heavy atom. The Morgan fingerprint density at radius 1 is 1.47 bits per heavy atom. The minimum absolute atomic E-state index is 0.0347. The van der Waals surface area contributed by atoms with Gasteiger partial charge in [0.1, 0.15) is 5.82 Å². The Labute approximate surface area is 101 Å². The molecule has 1 heterocycles. The number of hydrogen-bond donors (Lipinski definition) is 1. The molecule has 4 heteroatoms. The third kappa shape index (κ3) is 2.31. The van der Waals surface area contributed by atoms with Gasteiger partial charge in [-0.25, -0.2) is 4.39 Å². The fourth-order valence-corrected chi connectivity index (χ4v) is 2.26. The zero-order valence-corrected chi connectivity index (χ0v) is 10.2. The average molecular weight is 236 g/mol. The molecular weight excluding hydrogens is 219 g/mol. The predicted molar refractivity (Wildman–Crippen MR) is 65.6 cm³/mol. The lowest BCUT2D eigenvalue weighted by Crippen LogP contribution is -2.50. The third-order valence-electron chi connectivity index (χ3n) is 3.25. The van der Waals surface area contributed by atoms with E-state index >= 15 is 0 Å². The maximum absolute atomic E-state index is 13.3. The number of benzene rings is 1. The van der Waals surface area contributed by atoms with Gasteiger partial charge in [-0.05, 0) is 44.5 Å². The largest absolute Gasteiger partial charge is 0.311 e. The van der Waals surface area contributed by atoms with Crippen LogP contribution in [-0.2, 0) is 4.79 Å². The van der Waals surface area contributed by atoms with Gasteiger partial charge in [0.2, 0.25) is 5.91 Å². The summed E-state index contributed by atoms with van der Waals surface area (Å²) in [5, 5.41) is 3.00. The molecule has 1 aromatic rings. The summed E-state index contributed by atoms with van der Waals surface area (Å²) in [5.74, 6) is -0.266. The molecule has 0 radical (unpaired) electrons. The quantitative estimate of drug-likeness (QED) is 0.850. The normalized spacial score (nSPS) is 20.8. The van der Waals surface area contributed by atoms with Gasteiger partial charge in [0, 0.05) is 12.2 Å². The molecule has 0 saturated carbocycles. The van der Waals surface area contributed by atoms with Crippen LogP contribution in [0.15, 0.2) is 18.2 Å². The molecule has 1 atom stereocenters. The van der Waals surface area contributed by atoms with Crippen LogP contribution >= 0.6 is 0 Å². The number of piperidine rings is 1. The van der Waals surface area contributed by atoms with E-state index < -0.39 is 0 Å². The molecule has 0 spiro atoms. The van der Waals surface area contributed by atoms with Gasteiger partial charge in [-0.1, -0.05) is 6.07 Å². The van der Waals surface area contributed by atoms with Crippen LogP contribution in [0.3, 0.4) is 0 Å². The number of carbonyl (C=O) groups excluding carboxylic acids is 1. The molecule has 17 heavy (non-hydrogen) atoms. The number of carbonyl (C=O) groups is 1. The van der Waals surface area contributed by atoms with Crippen LogP contribution in [0, 0.1) is 12.7 Å². The lowest BCUT2D eigenvalue weighted by molar-refractivity contribution is -0.121. The van der Waals surface area contributed by atoms with Gasteiger partial charge in [-0.2, -0.15) is 0 Å². The van der Waals surface area contributed by atoms with Crippen molar-refractivity contribution >= 4 is 11.6 Å². The molecule has 1 amide bonds. The lowest BCUT2D eigenvalue weighted by atomic mass is 10.0. The molecule has 0 aromatic heterocycles. The second-order valence-electron chi connectivity index (χ2n) is 4.40. The molecule has 1 saturated heterocycles. The maximum atomic E-state index is 13.3. The average Bonchev–Trinajstić information content (AvgIpc) is 2.33. The Balaban J connectivity index is 2.32. The maximum Gasteiger partial charge on any atom is 0.244 e. The van der Waals surface area contributed by atoms with E-state index in [0.29, 0.717) is 12.2 Å². The Kier molecular flexibility index (Phi) is 3.43. The van der Waals surface area contributed by atoms with Crippen molar-refractivity contribution in [1.29, 1.82) is 0 Å². The van der Waals surface area contributed by atoms with Gasteiger partial charge >= 0.3 is 0 Å². The summed E-state index contributed by atoms with van der Waals surface area (Å²) < 4.78 is 13.3. The molecule has 92 valence electrons. The van der Waals surface area contributed by atoms with Gasteiger partial charge in [-0.3, -0.25) is 4.79 Å². The highest BCUT2D eigenvalue weighted by Crippen LogP contribution is 2.25. The van der Waals surface area contributed by atoms with Crippen molar-refractivity contribution in [3.8, 4) is 0 Å². The first kappa shape index (κ1) is 12.0. The molecule has 0 aliphatic carbocycles. The van der Waals surface area contributed by atoms with Crippen LogP contribution in [0.4, 0.5) is 10.1 Å². The van der Waals surface area contributed by atoms with Crippen LogP contribution in [-0.4, -0.2) is 25.5 Å². The van der Waals surface area contributed by atoms with Crippen molar-refractivity contribution in [1.82, 2.24) is 5.32 Å². The minimum atomic E-state index is -0.301. The number of nitrogens with zero attached hydrogens (tertiary/aromatic N) is 1. The fraction of sp³-hybridized carbons (Fsp3) is 0.462. The van der Waals surface area contributed by atoms with Gasteiger partial charge in [0.25, 0.3) is 0 Å². The van der Waals surface area contributed by atoms with E-state index in [1.165, 1.54) is 12.1 Å². The Bertz CT molecular complexity index is 433. The molecule has 3 nitrogen and oxygen atoms in total. The van der Waals surface area contributed by atoms with Crippen LogP contribution in [0.2, 0.25) is 0 Å². The summed E-state index contributed by atoms with van der Waals surface area (Å²) in [6.07, 6.45) is 1.79. The molecule has 1 aliphatic heterocycles. The number of nitrogens with one attached hydrogen (secondary N) is 1. The van der Waals surface area contributed by atoms with Crippen molar-refractivity contribution < 1.29 is 9.18 Å². The van der Waals surface area contributed by atoms with E-state index in [9.17, 15) is 9.18 Å². The fourth-order valence-electron chi connectivity index (χ4n) is 2.26. The van der Waals surface area contributed by atoms with E-state index in [0.717, 1.165) is 18.4 Å². The first-order chi connectivity index (χ1) is 8.13. The highest BCUT2D eigenvalue weighted by atomic mass is 19.1. The van der Waals surface area contributed by atoms with Crippen molar-refractivity contribution in [2.45, 2.75) is 25.8 Å². The molecule has 1 N–H and O–H groups in total. The van der Waals surface area contributed by atoms with Crippen molar-refractivity contribution in [2.24, 2.45) is 0 Å². The van der Waals surface area contributed by atoms with Crippen molar-refractivity contribution in [2.75, 3.05) is 18.5 Å². The number of anilines is 1. The highest BCUT2D eigenvalue weighted by Gasteiger charge is 2.29. The SMILES string of the molecule is CNC1CCCN(c2cc(F)ccc2C)C1=O. The van der Waals surface area contributed by atoms with Crippen LogP contribution in [0.1, 0.15) is 18.4 Å². The van der Waals surface area contributed by atoms with Crippen molar-refractivity contribution in [3.05, 3.63) is 29.6 Å². The number of amides is 1. The van der Waals surface area contributed by atoms with Gasteiger partial charge < -0.3 is 10.2 Å². The van der Waals surface area contributed by atoms with E-state index in [4.69, 9.17) is 0 Å². The summed E-state index contributed by atoms with van der Waals surface area (Å²) in [6.45, 7) is 2.56. The number of aryl methyl sites for hydroxylation is 1. The molecular formula is C13H17FN2O. The third-order valence-corrected chi connectivity index (χ3v) is 3.25. The molecule has 1 unspecified atom stereocenters. The van der Waals surface area contributed by atoms with Crippen LogP contribution in [0.25, 0.3) is 0 Å². The summed E-state index contributed by atoms with van der Waals surface area (Å²) in [7, 11) is 1.78. The first-order valence-electron chi connectivity index (χ1n) is 5.88. The summed E-state index contributed by atoms with van der Waals surface area (Å²) in [4.78, 5) is 13.8. The summed E-state index contributed by atoms with van der Waals surface area (Å²) in [5.41, 5.74) is 1.62. The van der Waals surface area contributed by atoms with E-state index in [1.54, 1.807) is 18.0 Å². The monoisotopic (exact) mass is 236 g/mol. The standard InChI is InChI=1S/C13H17FN2O/c1-9-5-6-10(14)8-12(9)16-7-3-4-11(15-2)13(16)17/h5-6,8,11,15H,3-4,7H2,1-2H3. The lowest BCUT2D eigenvalue weighted by Gasteiger charge is -2.33. The molecule has 1 aromatic carbocycles. The second kappa shape index (κ2) is 4.84. The van der Waals surface area contributed by atoms with E-state index in [1.807, 2.05) is 6.92 Å². The number of halogens is 1. The van der Waals surface area contributed by atoms with Gasteiger partial charge in [0.15, 0.2) is 0 Å². The number of hydrogen-bond acceptors (Lipinski definition) is 2. The van der Waals surface area contributed by atoms with Crippen molar-refractivity contribution in [3.63, 3.8) is 0 Å². The Morgan fingerprint density at radius 2 is 2.24 bits per heavy atom. The predicted octanol–water partition coefficient (Wildman–Crippen LogP) is 1.85. The number of rotatable bonds is 2. The summed E-state index contributed by atoms with van der Waals surface area (Å²) >= 11 is 0. The minimum Gasteiger partial charge on any atom is -0.311 e. The number of likely N-dealkylation sites (N-methyl/N-ethyl adjacent to an activating group) is 1. The second-order valence-corrected chi connectivity index (χ2v) is 4.40. The molecule has 1 aliphatic rings. The topological polar surface area (TPSA) is 32.3 Å². The smallest absolute Gasteiger partial charge is 0.244 e.